The van der Waals surface area contributed by atoms with E-state index in [1.54, 1.807) is 0 Å². The SMILES string of the molecule is CC(C)c1nnc2n1CCN(CC(=O)N1CCO[C@H]3CCCC[C@@H]31)C2. The van der Waals surface area contributed by atoms with E-state index in [-0.39, 0.29) is 18.1 Å². The number of morpholine rings is 1. The smallest absolute Gasteiger partial charge is 0.237 e. The van der Waals surface area contributed by atoms with Crippen LogP contribution in [0.15, 0.2) is 0 Å². The van der Waals surface area contributed by atoms with E-state index in [1.807, 2.05) is 0 Å². The molecule has 7 nitrogen and oxygen atoms in total. The van der Waals surface area contributed by atoms with E-state index in [9.17, 15) is 4.79 Å². The van der Waals surface area contributed by atoms with Crippen LogP contribution in [0.4, 0.5) is 0 Å². The van der Waals surface area contributed by atoms with Crippen LogP contribution in [0, 0.1) is 0 Å². The summed E-state index contributed by atoms with van der Waals surface area (Å²) in [6.45, 7) is 8.66. The lowest BCUT2D eigenvalue weighted by Gasteiger charge is -2.44. The Bertz CT molecular complexity index is 627. The Morgan fingerprint density at radius 1 is 1.20 bits per heavy atom. The minimum atomic E-state index is 0.247. The van der Waals surface area contributed by atoms with Gasteiger partial charge in [-0.15, -0.1) is 10.2 Å². The number of ether oxygens (including phenoxy) is 1. The molecule has 3 aliphatic rings. The topological polar surface area (TPSA) is 63.5 Å². The lowest BCUT2D eigenvalue weighted by atomic mass is 9.90. The van der Waals surface area contributed by atoms with E-state index >= 15 is 0 Å². The summed E-state index contributed by atoms with van der Waals surface area (Å²) >= 11 is 0. The third-order valence-electron chi connectivity index (χ3n) is 5.79. The number of hydrogen-bond donors (Lipinski definition) is 0. The number of rotatable bonds is 3. The van der Waals surface area contributed by atoms with Crippen molar-refractivity contribution in [3.05, 3.63) is 11.6 Å². The highest BCUT2D eigenvalue weighted by molar-refractivity contribution is 5.78. The van der Waals surface area contributed by atoms with Gasteiger partial charge in [-0.1, -0.05) is 26.7 Å². The number of carbonyl (C=O) groups excluding carboxylic acids is 1. The van der Waals surface area contributed by atoms with Crippen molar-refractivity contribution in [1.29, 1.82) is 0 Å². The van der Waals surface area contributed by atoms with E-state index in [0.29, 0.717) is 25.6 Å². The molecule has 0 unspecified atom stereocenters. The highest BCUT2D eigenvalue weighted by Gasteiger charge is 2.37. The average Bonchev–Trinajstić information content (AvgIpc) is 3.04. The second-order valence-electron chi connectivity index (χ2n) is 7.84. The summed E-state index contributed by atoms with van der Waals surface area (Å²) in [5, 5.41) is 8.67. The number of nitrogens with zero attached hydrogens (tertiary/aromatic N) is 5. The van der Waals surface area contributed by atoms with Gasteiger partial charge in [0.15, 0.2) is 0 Å². The van der Waals surface area contributed by atoms with E-state index in [0.717, 1.165) is 44.1 Å². The molecule has 1 aliphatic carbocycles. The van der Waals surface area contributed by atoms with Gasteiger partial charge in [0, 0.05) is 25.6 Å². The van der Waals surface area contributed by atoms with Crippen molar-refractivity contribution < 1.29 is 9.53 Å². The molecule has 4 rings (SSSR count). The number of amides is 1. The first-order valence-electron chi connectivity index (χ1n) is 9.69. The molecule has 1 amide bonds. The molecule has 2 aliphatic heterocycles. The van der Waals surface area contributed by atoms with Crippen LogP contribution < -0.4 is 0 Å². The third kappa shape index (κ3) is 3.31. The second kappa shape index (κ2) is 7.03. The Balaban J connectivity index is 1.39. The van der Waals surface area contributed by atoms with Crippen molar-refractivity contribution in [3.63, 3.8) is 0 Å². The normalized spacial score (nSPS) is 27.2. The first-order chi connectivity index (χ1) is 12.1. The quantitative estimate of drug-likeness (QED) is 0.827. The first-order valence-corrected chi connectivity index (χ1v) is 9.69. The fourth-order valence-electron chi connectivity index (χ4n) is 4.48. The lowest BCUT2D eigenvalue weighted by Crippen LogP contribution is -2.57. The summed E-state index contributed by atoms with van der Waals surface area (Å²) in [6.07, 6.45) is 4.87. The molecular weight excluding hydrogens is 318 g/mol. The van der Waals surface area contributed by atoms with E-state index in [4.69, 9.17) is 4.74 Å². The van der Waals surface area contributed by atoms with Gasteiger partial charge in [0.1, 0.15) is 11.6 Å². The maximum absolute atomic E-state index is 12.9. The summed E-state index contributed by atoms with van der Waals surface area (Å²) in [5.41, 5.74) is 0. The molecule has 1 saturated carbocycles. The van der Waals surface area contributed by atoms with Gasteiger partial charge in [0.2, 0.25) is 5.91 Å². The van der Waals surface area contributed by atoms with Crippen molar-refractivity contribution in [2.75, 3.05) is 26.2 Å². The zero-order chi connectivity index (χ0) is 17.4. The molecule has 0 N–H and O–H groups in total. The van der Waals surface area contributed by atoms with Gasteiger partial charge in [0.25, 0.3) is 0 Å². The summed E-state index contributed by atoms with van der Waals surface area (Å²) in [5.74, 6) is 2.67. The number of aromatic nitrogens is 3. The first kappa shape index (κ1) is 17.0. The molecule has 2 atom stereocenters. The molecule has 1 saturated heterocycles. The summed E-state index contributed by atoms with van der Waals surface area (Å²) < 4.78 is 8.11. The van der Waals surface area contributed by atoms with Gasteiger partial charge >= 0.3 is 0 Å². The van der Waals surface area contributed by atoms with Gasteiger partial charge in [-0.25, -0.2) is 0 Å². The van der Waals surface area contributed by atoms with Crippen LogP contribution in [-0.2, 0) is 22.6 Å². The van der Waals surface area contributed by atoms with Gasteiger partial charge in [-0.3, -0.25) is 9.69 Å². The maximum atomic E-state index is 12.9. The van der Waals surface area contributed by atoms with Gasteiger partial charge in [-0.2, -0.15) is 0 Å². The average molecular weight is 347 g/mol. The van der Waals surface area contributed by atoms with Gasteiger partial charge in [0.05, 0.1) is 31.8 Å². The lowest BCUT2D eigenvalue weighted by molar-refractivity contribution is -0.151. The van der Waals surface area contributed by atoms with Crippen molar-refractivity contribution in [1.82, 2.24) is 24.6 Å². The third-order valence-corrected chi connectivity index (χ3v) is 5.79. The Labute approximate surface area is 149 Å². The Kier molecular flexibility index (Phi) is 4.78. The zero-order valence-corrected chi connectivity index (χ0v) is 15.4. The largest absolute Gasteiger partial charge is 0.374 e. The predicted octanol–water partition coefficient (Wildman–Crippen LogP) is 1.39. The number of hydrogen-bond acceptors (Lipinski definition) is 5. The molecule has 1 aromatic rings. The van der Waals surface area contributed by atoms with Crippen molar-refractivity contribution in [3.8, 4) is 0 Å². The second-order valence-corrected chi connectivity index (χ2v) is 7.84. The van der Waals surface area contributed by atoms with Crippen LogP contribution in [0.5, 0.6) is 0 Å². The molecule has 0 spiro atoms. The van der Waals surface area contributed by atoms with E-state index < -0.39 is 0 Å². The fourth-order valence-corrected chi connectivity index (χ4v) is 4.48. The molecule has 25 heavy (non-hydrogen) atoms. The van der Waals surface area contributed by atoms with Gasteiger partial charge in [-0.05, 0) is 12.8 Å². The minimum Gasteiger partial charge on any atom is -0.374 e. The summed E-state index contributed by atoms with van der Waals surface area (Å²) in [6, 6.07) is 0.288. The summed E-state index contributed by atoms with van der Waals surface area (Å²) in [7, 11) is 0. The molecule has 7 heteroatoms. The fraction of sp³-hybridized carbons (Fsp3) is 0.833. The van der Waals surface area contributed by atoms with Gasteiger partial charge < -0.3 is 14.2 Å². The Morgan fingerprint density at radius 3 is 2.88 bits per heavy atom. The summed E-state index contributed by atoms with van der Waals surface area (Å²) in [4.78, 5) is 17.2. The highest BCUT2D eigenvalue weighted by atomic mass is 16.5. The van der Waals surface area contributed by atoms with Crippen LogP contribution in [0.25, 0.3) is 0 Å². The molecular formula is C18H29N5O2. The molecule has 1 aromatic heterocycles. The standard InChI is InChI=1S/C18H29N5O2/c1-13(2)18-20-19-16-11-21(7-8-23(16)18)12-17(24)22-9-10-25-15-6-4-3-5-14(15)22/h13-15H,3-12H2,1-2H3/t14-,15-/m0/s1. The molecule has 0 radical (unpaired) electrons. The van der Waals surface area contributed by atoms with Crippen molar-refractivity contribution >= 4 is 5.91 Å². The maximum Gasteiger partial charge on any atom is 0.237 e. The van der Waals surface area contributed by atoms with E-state index in [2.05, 4.69) is 38.4 Å². The predicted molar refractivity (Wildman–Crippen MR) is 93.1 cm³/mol. The van der Waals surface area contributed by atoms with E-state index in [1.165, 1.54) is 12.8 Å². The van der Waals surface area contributed by atoms with Crippen molar-refractivity contribution in [2.45, 2.75) is 70.7 Å². The minimum absolute atomic E-state index is 0.247. The van der Waals surface area contributed by atoms with Crippen LogP contribution in [0.2, 0.25) is 0 Å². The molecule has 0 aromatic carbocycles. The Hall–Kier alpha value is -1.47. The zero-order valence-electron chi connectivity index (χ0n) is 15.4. The molecule has 0 bridgehead atoms. The highest BCUT2D eigenvalue weighted by Crippen LogP contribution is 2.28. The van der Waals surface area contributed by atoms with Crippen LogP contribution in [0.1, 0.15) is 57.1 Å². The number of carbonyl (C=O) groups is 1. The number of fused-ring (bicyclic) bond motifs is 2. The molecule has 3 heterocycles. The monoisotopic (exact) mass is 347 g/mol. The molecule has 2 fully saturated rings. The van der Waals surface area contributed by atoms with Crippen LogP contribution in [-0.4, -0.2) is 68.9 Å². The van der Waals surface area contributed by atoms with Crippen molar-refractivity contribution in [2.24, 2.45) is 0 Å². The van der Waals surface area contributed by atoms with Crippen LogP contribution >= 0.6 is 0 Å². The molecule has 138 valence electrons. The Morgan fingerprint density at radius 2 is 2.04 bits per heavy atom. The van der Waals surface area contributed by atoms with Crippen LogP contribution in [0.3, 0.4) is 0 Å².